The van der Waals surface area contributed by atoms with Gasteiger partial charge in [-0.1, -0.05) is 38.0 Å². The number of tetrazole rings is 1. The Kier molecular flexibility index (Phi) is 4.01. The molecule has 2 heterocycles. The molecule has 0 fully saturated rings. The van der Waals surface area contributed by atoms with Crippen LogP contribution in [0.15, 0.2) is 35.5 Å². The Morgan fingerprint density at radius 2 is 2.19 bits per heavy atom. The van der Waals surface area contributed by atoms with Gasteiger partial charge in [0.05, 0.1) is 6.61 Å². The zero-order valence-electron chi connectivity index (χ0n) is 15.3. The van der Waals surface area contributed by atoms with E-state index in [2.05, 4.69) is 41.6 Å². The van der Waals surface area contributed by atoms with E-state index in [-0.39, 0.29) is 17.2 Å². The number of nitrogens with one attached hydrogen (secondary N) is 1. The summed E-state index contributed by atoms with van der Waals surface area (Å²) >= 11 is 0. The van der Waals surface area contributed by atoms with Crippen LogP contribution in [0.2, 0.25) is 0 Å². The van der Waals surface area contributed by atoms with Crippen molar-refractivity contribution in [2.75, 3.05) is 11.9 Å². The van der Waals surface area contributed by atoms with Gasteiger partial charge in [-0.3, -0.25) is 4.79 Å². The molecule has 0 spiro atoms. The highest BCUT2D eigenvalue weighted by Crippen LogP contribution is 2.45. The molecule has 0 bridgehead atoms. The Morgan fingerprint density at radius 1 is 1.35 bits per heavy atom. The summed E-state index contributed by atoms with van der Waals surface area (Å²) < 4.78 is 7.46. The predicted molar refractivity (Wildman–Crippen MR) is 96.9 cm³/mol. The number of aromatic nitrogens is 4. The van der Waals surface area contributed by atoms with Gasteiger partial charge < -0.3 is 10.1 Å². The molecule has 7 nitrogen and oxygen atoms in total. The van der Waals surface area contributed by atoms with Gasteiger partial charge in [-0.15, -0.1) is 0 Å². The number of Topliss-reactive ketones (excluding diaryl/α,β-unsaturated/α-hetero) is 1. The lowest BCUT2D eigenvalue weighted by atomic mass is 9.73. The number of nitrogens with zero attached hydrogens (tertiary/aromatic N) is 4. The van der Waals surface area contributed by atoms with Crippen LogP contribution in [0.5, 0.6) is 5.75 Å². The van der Waals surface area contributed by atoms with Crippen LogP contribution < -0.4 is 10.1 Å². The number of benzene rings is 1. The molecule has 1 aromatic carbocycles. The molecule has 1 atom stereocenters. The molecule has 1 aromatic heterocycles. The van der Waals surface area contributed by atoms with Crippen LogP contribution in [0.4, 0.5) is 5.95 Å². The summed E-state index contributed by atoms with van der Waals surface area (Å²) in [7, 11) is 0. The molecule has 2 aromatic rings. The molecule has 136 valence electrons. The van der Waals surface area contributed by atoms with Gasteiger partial charge in [-0.25, -0.2) is 0 Å². The lowest BCUT2D eigenvalue weighted by Gasteiger charge is -2.37. The number of carbonyl (C=O) groups excluding carboxylic acids is 1. The quantitative estimate of drug-likeness (QED) is 0.909. The Hall–Kier alpha value is -2.70. The minimum absolute atomic E-state index is 0.0742. The summed E-state index contributed by atoms with van der Waals surface area (Å²) in [4.78, 5) is 13.0. The van der Waals surface area contributed by atoms with Crippen molar-refractivity contribution in [3.8, 4) is 5.75 Å². The van der Waals surface area contributed by atoms with Crippen molar-refractivity contribution in [3.63, 3.8) is 0 Å². The molecule has 7 heteroatoms. The SMILES string of the molecule is CCCOc1cccc(C2C3=C(CC(C)(C)CC3=O)Nc3nnnn32)c1. The first-order chi connectivity index (χ1) is 12.5. The minimum Gasteiger partial charge on any atom is -0.494 e. The molecule has 1 aliphatic carbocycles. The van der Waals surface area contributed by atoms with Gasteiger partial charge in [0.15, 0.2) is 5.78 Å². The largest absolute Gasteiger partial charge is 0.494 e. The van der Waals surface area contributed by atoms with Crippen molar-refractivity contribution in [1.82, 2.24) is 20.2 Å². The van der Waals surface area contributed by atoms with E-state index in [1.807, 2.05) is 24.3 Å². The average Bonchev–Trinajstić information content (AvgIpc) is 3.05. The smallest absolute Gasteiger partial charge is 0.248 e. The van der Waals surface area contributed by atoms with Crippen LogP contribution in [0, 0.1) is 5.41 Å². The third-order valence-corrected chi connectivity index (χ3v) is 4.84. The summed E-state index contributed by atoms with van der Waals surface area (Å²) in [5.41, 5.74) is 2.57. The van der Waals surface area contributed by atoms with E-state index in [9.17, 15) is 4.79 Å². The summed E-state index contributed by atoms with van der Waals surface area (Å²) in [6, 6.07) is 7.53. The molecule has 2 aliphatic rings. The highest BCUT2D eigenvalue weighted by Gasteiger charge is 2.41. The van der Waals surface area contributed by atoms with Gasteiger partial charge in [0.25, 0.3) is 0 Å². The fourth-order valence-electron chi connectivity index (χ4n) is 3.77. The lowest BCUT2D eigenvalue weighted by Crippen LogP contribution is -2.36. The first kappa shape index (κ1) is 16.8. The molecule has 1 aliphatic heterocycles. The van der Waals surface area contributed by atoms with Crippen LogP contribution in [0.3, 0.4) is 0 Å². The number of carbonyl (C=O) groups is 1. The van der Waals surface area contributed by atoms with Crippen LogP contribution in [0.25, 0.3) is 0 Å². The topological polar surface area (TPSA) is 81.9 Å². The van der Waals surface area contributed by atoms with Gasteiger partial charge in [0.2, 0.25) is 5.95 Å². The summed E-state index contributed by atoms with van der Waals surface area (Å²) in [5, 5.41) is 15.3. The molecule has 0 radical (unpaired) electrons. The number of rotatable bonds is 4. The minimum atomic E-state index is -0.329. The molecular formula is C19H23N5O2. The first-order valence-electron chi connectivity index (χ1n) is 9.02. The van der Waals surface area contributed by atoms with E-state index >= 15 is 0 Å². The first-order valence-corrected chi connectivity index (χ1v) is 9.02. The standard InChI is InChI=1S/C19H23N5O2/c1-4-8-26-13-7-5-6-12(9-13)17-16-14(10-19(2,3)11-15(16)25)20-18-21-22-23-24(17)18/h5-7,9,17H,4,8,10-11H2,1-3H3,(H,20,21,23). The van der Waals surface area contributed by atoms with Crippen LogP contribution in [-0.4, -0.2) is 32.6 Å². The highest BCUT2D eigenvalue weighted by atomic mass is 16.5. The second-order valence-corrected chi connectivity index (χ2v) is 7.73. The molecule has 1 N–H and O–H groups in total. The molecule has 0 saturated heterocycles. The van der Waals surface area contributed by atoms with Crippen LogP contribution in [-0.2, 0) is 4.79 Å². The van der Waals surface area contributed by atoms with Crippen molar-refractivity contribution in [3.05, 3.63) is 41.1 Å². The number of ether oxygens (including phenoxy) is 1. The molecule has 1 unspecified atom stereocenters. The third kappa shape index (κ3) is 2.87. The Labute approximate surface area is 152 Å². The normalized spacial score (nSPS) is 21.0. The maximum Gasteiger partial charge on any atom is 0.248 e. The van der Waals surface area contributed by atoms with E-state index in [1.54, 1.807) is 4.68 Å². The number of ketones is 1. The molecule has 26 heavy (non-hydrogen) atoms. The van der Waals surface area contributed by atoms with Gasteiger partial charge in [0.1, 0.15) is 11.8 Å². The fourth-order valence-corrected chi connectivity index (χ4v) is 3.77. The fraction of sp³-hybridized carbons (Fsp3) is 0.474. The molecule has 4 rings (SSSR count). The average molecular weight is 353 g/mol. The second kappa shape index (κ2) is 6.23. The second-order valence-electron chi connectivity index (χ2n) is 7.73. The van der Waals surface area contributed by atoms with E-state index in [4.69, 9.17) is 4.74 Å². The lowest BCUT2D eigenvalue weighted by molar-refractivity contribution is -0.118. The number of hydrogen-bond donors (Lipinski definition) is 1. The maximum atomic E-state index is 13.0. The number of anilines is 1. The van der Waals surface area contributed by atoms with Gasteiger partial charge in [-0.2, -0.15) is 4.68 Å². The van der Waals surface area contributed by atoms with Gasteiger partial charge >= 0.3 is 0 Å². The van der Waals surface area contributed by atoms with E-state index in [0.29, 0.717) is 19.0 Å². The third-order valence-electron chi connectivity index (χ3n) is 4.84. The summed E-state index contributed by atoms with van der Waals surface area (Å²) in [6.07, 6.45) is 2.26. The van der Waals surface area contributed by atoms with E-state index < -0.39 is 0 Å². The van der Waals surface area contributed by atoms with Crippen molar-refractivity contribution in [1.29, 1.82) is 0 Å². The highest BCUT2D eigenvalue weighted by molar-refractivity contribution is 6.00. The predicted octanol–water partition coefficient (Wildman–Crippen LogP) is 3.12. The van der Waals surface area contributed by atoms with Crippen molar-refractivity contribution < 1.29 is 9.53 Å². The zero-order chi connectivity index (χ0) is 18.3. The molecule has 0 saturated carbocycles. The van der Waals surface area contributed by atoms with Crippen molar-refractivity contribution >= 4 is 11.7 Å². The Morgan fingerprint density at radius 3 is 3.00 bits per heavy atom. The molecule has 0 amide bonds. The summed E-state index contributed by atoms with van der Waals surface area (Å²) in [6.45, 7) is 6.96. The number of hydrogen-bond acceptors (Lipinski definition) is 6. The number of fused-ring (bicyclic) bond motifs is 1. The number of allylic oxidation sites excluding steroid dienone is 2. The van der Waals surface area contributed by atoms with Crippen LogP contribution >= 0.6 is 0 Å². The van der Waals surface area contributed by atoms with E-state index in [1.165, 1.54) is 0 Å². The molecular weight excluding hydrogens is 330 g/mol. The van der Waals surface area contributed by atoms with Gasteiger partial charge in [0, 0.05) is 17.7 Å². The van der Waals surface area contributed by atoms with Gasteiger partial charge in [-0.05, 0) is 46.4 Å². The van der Waals surface area contributed by atoms with Crippen molar-refractivity contribution in [2.45, 2.75) is 46.1 Å². The summed E-state index contributed by atoms with van der Waals surface area (Å²) in [5.74, 6) is 1.51. The zero-order valence-corrected chi connectivity index (χ0v) is 15.3. The van der Waals surface area contributed by atoms with Crippen molar-refractivity contribution in [2.24, 2.45) is 5.41 Å². The monoisotopic (exact) mass is 353 g/mol. The Balaban J connectivity index is 1.81. The maximum absolute atomic E-state index is 13.0. The van der Waals surface area contributed by atoms with E-state index in [0.717, 1.165) is 35.4 Å². The van der Waals surface area contributed by atoms with Crippen LogP contribution in [0.1, 0.15) is 51.6 Å². The Bertz CT molecular complexity index is 884.